The molecule has 1 unspecified atom stereocenters. The zero-order valence-corrected chi connectivity index (χ0v) is 19.3. The van der Waals surface area contributed by atoms with Crippen LogP contribution in [0.2, 0.25) is 0 Å². The summed E-state index contributed by atoms with van der Waals surface area (Å²) in [5, 5.41) is 21.6. The number of carbonyl (C=O) groups excluding carboxylic acids is 1. The summed E-state index contributed by atoms with van der Waals surface area (Å²) in [6.07, 6.45) is 0. The number of non-ortho nitro benzene ring substituents is 1. The number of ether oxygens (including phenoxy) is 2. The Morgan fingerprint density at radius 1 is 1.11 bits per heavy atom. The van der Waals surface area contributed by atoms with Gasteiger partial charge in [0.05, 0.1) is 10.8 Å². The molecular weight excluding hydrogens is 462 g/mol. The molecule has 0 radical (unpaired) electrons. The van der Waals surface area contributed by atoms with Crippen LogP contribution in [-0.2, 0) is 0 Å². The number of rotatable bonds is 4. The number of aryl methyl sites for hydroxylation is 2. The van der Waals surface area contributed by atoms with Crippen molar-refractivity contribution in [2.45, 2.75) is 19.8 Å². The van der Waals surface area contributed by atoms with E-state index in [1.54, 1.807) is 31.2 Å². The average Bonchev–Trinajstić information content (AvgIpc) is 3.18. The molecule has 1 aromatic heterocycles. The van der Waals surface area contributed by atoms with Crippen LogP contribution >= 0.6 is 0 Å². The highest BCUT2D eigenvalue weighted by atomic mass is 16.6. The number of nitro groups is 1. The molecule has 0 aliphatic carbocycles. The van der Waals surface area contributed by atoms with E-state index in [4.69, 9.17) is 19.6 Å². The monoisotopic (exact) mass is 481 g/mol. The summed E-state index contributed by atoms with van der Waals surface area (Å²) in [6, 6.07) is 18.4. The minimum absolute atomic E-state index is 0.0696. The lowest BCUT2D eigenvalue weighted by molar-refractivity contribution is -0.384. The van der Waals surface area contributed by atoms with Crippen molar-refractivity contribution in [2.75, 3.05) is 0 Å². The summed E-state index contributed by atoms with van der Waals surface area (Å²) < 4.78 is 17.0. The van der Waals surface area contributed by atoms with Crippen LogP contribution in [0.1, 0.15) is 38.7 Å². The van der Waals surface area contributed by atoms with Crippen LogP contribution < -0.4 is 15.2 Å². The highest BCUT2D eigenvalue weighted by molar-refractivity contribution is 5.97. The Kier molecular flexibility index (Phi) is 5.42. The van der Waals surface area contributed by atoms with Crippen LogP contribution in [0.4, 0.5) is 5.69 Å². The Balaban J connectivity index is 1.48. The Morgan fingerprint density at radius 3 is 2.56 bits per heavy atom. The van der Waals surface area contributed by atoms with Gasteiger partial charge in [-0.15, -0.1) is 0 Å². The molecular formula is C27H19N3O6. The second-order valence-electron chi connectivity index (χ2n) is 8.42. The van der Waals surface area contributed by atoms with Gasteiger partial charge >= 0.3 is 5.97 Å². The largest absolute Gasteiger partial charge is 0.449 e. The van der Waals surface area contributed by atoms with E-state index in [0.717, 1.165) is 10.9 Å². The normalized spacial score (nSPS) is 14.6. The molecule has 0 fully saturated rings. The Morgan fingerprint density at radius 2 is 1.86 bits per heavy atom. The van der Waals surface area contributed by atoms with Crippen molar-refractivity contribution < 1.29 is 23.6 Å². The molecule has 0 bridgehead atoms. The van der Waals surface area contributed by atoms with Crippen LogP contribution in [-0.4, -0.2) is 10.9 Å². The van der Waals surface area contributed by atoms with Crippen molar-refractivity contribution in [1.29, 1.82) is 5.26 Å². The van der Waals surface area contributed by atoms with E-state index in [0.29, 0.717) is 28.0 Å². The third kappa shape index (κ3) is 3.80. The Hall–Kier alpha value is -5.10. The number of carbonyl (C=O) groups is 1. The first-order valence-corrected chi connectivity index (χ1v) is 10.9. The molecule has 36 heavy (non-hydrogen) atoms. The smallest absolute Gasteiger partial charge is 0.379 e. The SMILES string of the molecule is Cc1ccc2c(C)c(C(=O)Oc3ccc4c(c3)OC(N)=C(C#N)C4c3ccc([N+](=O)[O-])cc3)oc2c1. The maximum Gasteiger partial charge on any atom is 0.379 e. The molecule has 9 nitrogen and oxygen atoms in total. The minimum Gasteiger partial charge on any atom is -0.449 e. The number of nitrogens with zero attached hydrogens (tertiary/aromatic N) is 2. The van der Waals surface area contributed by atoms with Crippen LogP contribution in [0.15, 0.2) is 76.5 Å². The van der Waals surface area contributed by atoms with Crippen molar-refractivity contribution in [3.63, 3.8) is 0 Å². The van der Waals surface area contributed by atoms with Gasteiger partial charge in [0.25, 0.3) is 5.69 Å². The molecule has 4 aromatic rings. The van der Waals surface area contributed by atoms with E-state index in [1.807, 2.05) is 25.1 Å². The molecule has 3 aromatic carbocycles. The fourth-order valence-corrected chi connectivity index (χ4v) is 4.31. The maximum absolute atomic E-state index is 12.9. The van der Waals surface area contributed by atoms with Crippen molar-refractivity contribution in [1.82, 2.24) is 0 Å². The quantitative estimate of drug-likeness (QED) is 0.177. The van der Waals surface area contributed by atoms with Crippen LogP contribution in [0, 0.1) is 35.3 Å². The van der Waals surface area contributed by atoms with Gasteiger partial charge in [-0.3, -0.25) is 10.1 Å². The molecule has 2 heterocycles. The van der Waals surface area contributed by atoms with Gasteiger partial charge in [-0.2, -0.15) is 5.26 Å². The number of allylic oxidation sites excluding steroid dienone is 1. The van der Waals surface area contributed by atoms with E-state index >= 15 is 0 Å². The number of fused-ring (bicyclic) bond motifs is 2. The molecule has 0 saturated carbocycles. The lowest BCUT2D eigenvalue weighted by Gasteiger charge is -2.26. The van der Waals surface area contributed by atoms with Crippen LogP contribution in [0.5, 0.6) is 11.5 Å². The summed E-state index contributed by atoms with van der Waals surface area (Å²) in [5.74, 6) is -0.762. The first-order valence-electron chi connectivity index (χ1n) is 10.9. The predicted octanol–water partition coefficient (Wildman–Crippen LogP) is 5.40. The number of nitrogens with two attached hydrogens (primary N) is 1. The number of hydrogen-bond donors (Lipinski definition) is 1. The van der Waals surface area contributed by atoms with Gasteiger partial charge in [-0.1, -0.05) is 30.3 Å². The summed E-state index contributed by atoms with van der Waals surface area (Å²) in [5.41, 5.74) is 9.65. The van der Waals surface area contributed by atoms with Crippen molar-refractivity contribution in [2.24, 2.45) is 5.73 Å². The van der Waals surface area contributed by atoms with Crippen LogP contribution in [0.3, 0.4) is 0 Å². The van der Waals surface area contributed by atoms with Gasteiger partial charge in [0.2, 0.25) is 11.6 Å². The fourth-order valence-electron chi connectivity index (χ4n) is 4.31. The molecule has 5 rings (SSSR count). The molecule has 178 valence electrons. The van der Waals surface area contributed by atoms with Crippen molar-refractivity contribution in [3.05, 3.63) is 110 Å². The number of nitro benzene ring substituents is 1. The predicted molar refractivity (Wildman–Crippen MR) is 129 cm³/mol. The zero-order valence-electron chi connectivity index (χ0n) is 19.3. The summed E-state index contributed by atoms with van der Waals surface area (Å²) >= 11 is 0. The molecule has 0 spiro atoms. The lowest BCUT2D eigenvalue weighted by Crippen LogP contribution is -2.21. The van der Waals surface area contributed by atoms with Gasteiger partial charge in [0.15, 0.2) is 0 Å². The van der Waals surface area contributed by atoms with E-state index in [9.17, 15) is 20.2 Å². The second kappa shape index (κ2) is 8.60. The van der Waals surface area contributed by atoms with E-state index < -0.39 is 16.8 Å². The zero-order chi connectivity index (χ0) is 25.6. The molecule has 0 saturated heterocycles. The molecule has 9 heteroatoms. The average molecular weight is 481 g/mol. The van der Waals surface area contributed by atoms with Gasteiger partial charge in [0.1, 0.15) is 28.7 Å². The summed E-state index contributed by atoms with van der Waals surface area (Å²) in [7, 11) is 0. The third-order valence-corrected chi connectivity index (χ3v) is 6.12. The fraction of sp³-hybridized carbons (Fsp3) is 0.111. The number of furan rings is 1. The number of nitriles is 1. The standard InChI is InChI=1S/C27H19N3O6/c1-14-3-9-19-15(2)25(35-22(19)11-14)27(31)34-18-8-10-20-23(12-18)36-26(29)21(13-28)24(20)16-4-6-17(7-5-16)30(32)33/h3-12,24H,29H2,1-2H3. The van der Waals surface area contributed by atoms with E-state index in [2.05, 4.69) is 6.07 Å². The first-order chi connectivity index (χ1) is 17.3. The molecule has 2 N–H and O–H groups in total. The third-order valence-electron chi connectivity index (χ3n) is 6.12. The molecule has 1 atom stereocenters. The highest BCUT2D eigenvalue weighted by Crippen LogP contribution is 2.43. The number of benzene rings is 3. The lowest BCUT2D eigenvalue weighted by atomic mass is 9.83. The number of hydrogen-bond acceptors (Lipinski definition) is 8. The van der Waals surface area contributed by atoms with E-state index in [1.165, 1.54) is 18.2 Å². The first kappa shape index (κ1) is 22.7. The second-order valence-corrected chi connectivity index (χ2v) is 8.42. The van der Waals surface area contributed by atoms with Gasteiger partial charge in [0, 0.05) is 34.7 Å². The van der Waals surface area contributed by atoms with Crippen molar-refractivity contribution >= 4 is 22.6 Å². The molecule has 0 amide bonds. The minimum atomic E-state index is -0.662. The topological polar surface area (TPSA) is 142 Å². The molecule has 1 aliphatic heterocycles. The number of esters is 1. The van der Waals surface area contributed by atoms with Gasteiger partial charge in [-0.05, 0) is 37.1 Å². The Bertz CT molecular complexity index is 1630. The van der Waals surface area contributed by atoms with Crippen molar-refractivity contribution in [3.8, 4) is 17.6 Å². The van der Waals surface area contributed by atoms with Gasteiger partial charge < -0.3 is 19.6 Å². The maximum atomic E-state index is 12.9. The highest BCUT2D eigenvalue weighted by Gasteiger charge is 2.31. The van der Waals surface area contributed by atoms with Crippen LogP contribution in [0.25, 0.3) is 11.0 Å². The summed E-state index contributed by atoms with van der Waals surface area (Å²) in [6.45, 7) is 3.72. The molecule has 1 aliphatic rings. The summed E-state index contributed by atoms with van der Waals surface area (Å²) in [4.78, 5) is 23.4. The Labute approximate surface area is 205 Å². The van der Waals surface area contributed by atoms with Gasteiger partial charge in [-0.25, -0.2) is 4.79 Å². The van der Waals surface area contributed by atoms with E-state index in [-0.39, 0.29) is 28.7 Å².